The van der Waals surface area contributed by atoms with Gasteiger partial charge < -0.3 is 9.72 Å². The monoisotopic (exact) mass is 333 g/mol. The average molecular weight is 333 g/mol. The molecule has 0 amide bonds. The van der Waals surface area contributed by atoms with Gasteiger partial charge >= 0.3 is 5.97 Å². The van der Waals surface area contributed by atoms with Gasteiger partial charge in [0.05, 0.1) is 5.25 Å². The second-order valence-corrected chi connectivity index (χ2v) is 8.27. The fourth-order valence-electron chi connectivity index (χ4n) is 2.91. The molecule has 1 aromatic carbocycles. The molecule has 1 aromatic heterocycles. The van der Waals surface area contributed by atoms with E-state index in [0.717, 1.165) is 11.3 Å². The lowest BCUT2D eigenvalue weighted by molar-refractivity contribution is 0.0312. The number of hydrogen-bond donors (Lipinski definition) is 1. The Hall–Kier alpha value is -2.08. The highest BCUT2D eigenvalue weighted by Gasteiger charge is 2.33. The molecule has 3 rings (SSSR count). The average Bonchev–Trinajstić information content (AvgIpc) is 3.16. The molecule has 23 heavy (non-hydrogen) atoms. The Labute approximate surface area is 135 Å². The Morgan fingerprint density at radius 1 is 1.13 bits per heavy atom. The molecule has 2 aromatic rings. The van der Waals surface area contributed by atoms with Crippen LogP contribution in [-0.2, 0) is 14.6 Å². The minimum atomic E-state index is -3.07. The summed E-state index contributed by atoms with van der Waals surface area (Å²) in [7, 11) is -3.07. The van der Waals surface area contributed by atoms with Crippen LogP contribution in [0, 0.1) is 0 Å². The van der Waals surface area contributed by atoms with Crippen molar-refractivity contribution in [3.05, 3.63) is 48.2 Å². The van der Waals surface area contributed by atoms with Gasteiger partial charge in [0.1, 0.15) is 21.6 Å². The van der Waals surface area contributed by atoms with E-state index in [9.17, 15) is 13.2 Å². The molecule has 1 N–H and O–H groups in total. The zero-order valence-corrected chi connectivity index (χ0v) is 13.7. The lowest BCUT2D eigenvalue weighted by atomic mass is 10.2. The van der Waals surface area contributed by atoms with Gasteiger partial charge in [-0.3, -0.25) is 0 Å². The van der Waals surface area contributed by atoms with Gasteiger partial charge in [0.2, 0.25) is 0 Å². The van der Waals surface area contributed by atoms with Crippen LogP contribution >= 0.6 is 0 Å². The van der Waals surface area contributed by atoms with Crippen molar-refractivity contribution >= 4 is 15.8 Å². The first-order valence-electron chi connectivity index (χ1n) is 7.58. The molecule has 122 valence electrons. The lowest BCUT2D eigenvalue weighted by Gasteiger charge is -2.11. The third-order valence-corrected chi connectivity index (χ3v) is 5.85. The summed E-state index contributed by atoms with van der Waals surface area (Å²) in [4.78, 5) is 15.3. The van der Waals surface area contributed by atoms with Gasteiger partial charge in [0.25, 0.3) is 0 Å². The van der Waals surface area contributed by atoms with Gasteiger partial charge in [0.15, 0.2) is 0 Å². The first-order valence-corrected chi connectivity index (χ1v) is 9.53. The summed E-state index contributed by atoms with van der Waals surface area (Å²) < 4.78 is 28.5. The number of aromatic amines is 1. The third kappa shape index (κ3) is 3.64. The summed E-state index contributed by atoms with van der Waals surface area (Å²) in [6, 6.07) is 13.2. The second kappa shape index (κ2) is 6.20. The number of carbonyl (C=O) groups is 1. The zero-order valence-electron chi connectivity index (χ0n) is 12.9. The Balaban J connectivity index is 1.65. The van der Waals surface area contributed by atoms with Crippen LogP contribution in [-0.4, -0.2) is 37.0 Å². The van der Waals surface area contributed by atoms with Crippen LogP contribution in [0.5, 0.6) is 0 Å². The molecular formula is C17H19NO4S. The first-order chi connectivity index (χ1) is 10.9. The van der Waals surface area contributed by atoms with Gasteiger partial charge in [-0.2, -0.15) is 0 Å². The van der Waals surface area contributed by atoms with Gasteiger partial charge in [-0.05, 0) is 30.5 Å². The normalized spacial score (nSPS) is 21.3. The number of aromatic nitrogens is 1. The van der Waals surface area contributed by atoms with Crippen LogP contribution < -0.4 is 0 Å². The number of benzene rings is 1. The Morgan fingerprint density at radius 3 is 2.52 bits per heavy atom. The van der Waals surface area contributed by atoms with Crippen molar-refractivity contribution in [3.63, 3.8) is 0 Å². The van der Waals surface area contributed by atoms with E-state index >= 15 is 0 Å². The topological polar surface area (TPSA) is 76.2 Å². The van der Waals surface area contributed by atoms with Crippen molar-refractivity contribution in [1.82, 2.24) is 4.98 Å². The molecule has 0 spiro atoms. The van der Waals surface area contributed by atoms with Gasteiger partial charge in [-0.1, -0.05) is 30.3 Å². The maximum absolute atomic E-state index is 12.2. The molecule has 2 atom stereocenters. The zero-order chi connectivity index (χ0) is 16.4. The number of hydrogen-bond acceptors (Lipinski definition) is 4. The summed E-state index contributed by atoms with van der Waals surface area (Å²) in [6.07, 6.45) is 2.44. The largest absolute Gasteiger partial charge is 0.458 e. The number of H-pyrrole nitrogens is 1. The smallest absolute Gasteiger partial charge is 0.355 e. The molecule has 0 unspecified atom stereocenters. The third-order valence-electron chi connectivity index (χ3n) is 4.21. The van der Waals surface area contributed by atoms with Crippen molar-refractivity contribution in [2.24, 2.45) is 0 Å². The Morgan fingerprint density at radius 2 is 1.87 bits per heavy atom. The minimum Gasteiger partial charge on any atom is -0.458 e. The minimum absolute atomic E-state index is 0.328. The number of rotatable bonds is 4. The molecule has 1 aliphatic carbocycles. The molecule has 0 bridgehead atoms. The van der Waals surface area contributed by atoms with Crippen molar-refractivity contribution < 1.29 is 17.9 Å². The highest BCUT2D eigenvalue weighted by atomic mass is 32.2. The van der Waals surface area contributed by atoms with E-state index < -0.39 is 21.1 Å². The van der Waals surface area contributed by atoms with E-state index in [-0.39, 0.29) is 6.10 Å². The summed E-state index contributed by atoms with van der Waals surface area (Å²) in [5, 5.41) is -0.399. The van der Waals surface area contributed by atoms with E-state index in [1.165, 1.54) is 6.26 Å². The summed E-state index contributed by atoms with van der Waals surface area (Å²) in [6.45, 7) is 0. The molecule has 1 fully saturated rings. The van der Waals surface area contributed by atoms with E-state index in [1.54, 1.807) is 6.07 Å². The quantitative estimate of drug-likeness (QED) is 0.873. The first kappa shape index (κ1) is 15.8. The summed E-state index contributed by atoms with van der Waals surface area (Å²) in [5.74, 6) is -0.439. The Kier molecular flexibility index (Phi) is 4.26. The highest BCUT2D eigenvalue weighted by Crippen LogP contribution is 2.28. The maximum Gasteiger partial charge on any atom is 0.355 e. The second-order valence-electron chi connectivity index (χ2n) is 5.94. The number of sulfone groups is 1. The highest BCUT2D eigenvalue weighted by molar-refractivity contribution is 7.91. The van der Waals surface area contributed by atoms with Crippen LogP contribution in [0.25, 0.3) is 11.3 Å². The van der Waals surface area contributed by atoms with Crippen molar-refractivity contribution in [2.75, 3.05) is 6.26 Å². The predicted octanol–water partition coefficient (Wildman–Crippen LogP) is 2.80. The van der Waals surface area contributed by atoms with Gasteiger partial charge in [0, 0.05) is 18.4 Å². The van der Waals surface area contributed by atoms with Gasteiger partial charge in [-0.15, -0.1) is 0 Å². The van der Waals surface area contributed by atoms with Crippen LogP contribution in [0.3, 0.4) is 0 Å². The molecular weight excluding hydrogens is 314 g/mol. The van der Waals surface area contributed by atoms with Crippen molar-refractivity contribution in [3.8, 4) is 11.3 Å². The molecule has 5 nitrogen and oxygen atoms in total. The molecule has 0 saturated heterocycles. The number of esters is 1. The lowest BCUT2D eigenvalue weighted by Crippen LogP contribution is -2.20. The number of carbonyl (C=O) groups excluding carboxylic acids is 1. The molecule has 1 saturated carbocycles. The van der Waals surface area contributed by atoms with Crippen molar-refractivity contribution in [1.29, 1.82) is 0 Å². The van der Waals surface area contributed by atoms with E-state index in [4.69, 9.17) is 4.74 Å². The molecule has 0 aliphatic heterocycles. The fraction of sp³-hybridized carbons (Fsp3) is 0.353. The fourth-order valence-corrected chi connectivity index (χ4v) is 4.04. The van der Waals surface area contributed by atoms with Crippen LogP contribution in [0.15, 0.2) is 42.5 Å². The standard InChI is InChI=1S/C17H19NO4S/c1-23(20,21)14-8-7-13(11-14)22-17(19)16-10-9-15(18-16)12-5-3-2-4-6-12/h2-6,9-10,13-14,18H,7-8,11H2,1H3/t13-,14-/m1/s1. The SMILES string of the molecule is CS(=O)(=O)[C@@H]1CC[C@@H](OC(=O)c2ccc(-c3ccccc3)[nH]2)C1. The maximum atomic E-state index is 12.2. The summed E-state index contributed by atoms with van der Waals surface area (Å²) >= 11 is 0. The van der Waals surface area contributed by atoms with E-state index in [1.807, 2.05) is 36.4 Å². The Bertz CT molecular complexity index is 795. The van der Waals surface area contributed by atoms with Crippen molar-refractivity contribution in [2.45, 2.75) is 30.6 Å². The van der Waals surface area contributed by atoms with Crippen LogP contribution in [0.1, 0.15) is 29.8 Å². The summed E-state index contributed by atoms with van der Waals surface area (Å²) in [5.41, 5.74) is 2.22. The number of ether oxygens (including phenoxy) is 1. The van der Waals surface area contributed by atoms with Gasteiger partial charge in [-0.25, -0.2) is 13.2 Å². The molecule has 1 aliphatic rings. The van der Waals surface area contributed by atoms with E-state index in [2.05, 4.69) is 4.98 Å². The molecule has 6 heteroatoms. The predicted molar refractivity (Wildman–Crippen MR) is 87.9 cm³/mol. The molecule has 1 heterocycles. The van der Waals surface area contributed by atoms with E-state index in [0.29, 0.717) is 25.0 Å². The number of nitrogens with one attached hydrogen (secondary N) is 1. The van der Waals surface area contributed by atoms with Crippen LogP contribution in [0.2, 0.25) is 0 Å². The van der Waals surface area contributed by atoms with Crippen LogP contribution in [0.4, 0.5) is 0 Å². The molecule has 0 radical (unpaired) electrons.